The smallest absolute Gasteiger partial charge is 0.257 e. The van der Waals surface area contributed by atoms with Crippen molar-refractivity contribution in [2.24, 2.45) is 0 Å². The van der Waals surface area contributed by atoms with Crippen LogP contribution in [-0.2, 0) is 0 Å². The molecule has 2 aromatic heterocycles. The highest BCUT2D eigenvalue weighted by Crippen LogP contribution is 2.35. The van der Waals surface area contributed by atoms with E-state index in [9.17, 15) is 4.79 Å². The van der Waals surface area contributed by atoms with Crippen molar-refractivity contribution in [1.82, 2.24) is 15.0 Å². The molecule has 4 rings (SSSR count). The van der Waals surface area contributed by atoms with Gasteiger partial charge in [-0.2, -0.15) is 0 Å². The van der Waals surface area contributed by atoms with Crippen LogP contribution in [0.15, 0.2) is 48.9 Å². The second-order valence-corrected chi connectivity index (χ2v) is 6.94. The largest absolute Gasteiger partial charge is 0.484 e. The van der Waals surface area contributed by atoms with Crippen molar-refractivity contribution in [1.29, 1.82) is 0 Å². The summed E-state index contributed by atoms with van der Waals surface area (Å²) in [7, 11) is 0. The number of benzene rings is 1. The molecule has 0 fully saturated rings. The first-order chi connectivity index (χ1) is 14.1. The molecule has 1 aliphatic rings. The summed E-state index contributed by atoms with van der Waals surface area (Å²) in [5.74, 6) is 2.23. The summed E-state index contributed by atoms with van der Waals surface area (Å²) in [6.07, 6.45) is 3.28. The molecule has 0 unspecified atom stereocenters. The molecule has 1 aromatic carbocycles. The van der Waals surface area contributed by atoms with Gasteiger partial charge in [-0.05, 0) is 13.0 Å². The maximum absolute atomic E-state index is 11.4. The molecule has 0 saturated carbocycles. The van der Waals surface area contributed by atoms with E-state index in [1.807, 2.05) is 36.4 Å². The van der Waals surface area contributed by atoms with E-state index in [-0.39, 0.29) is 11.7 Å². The normalized spacial score (nSPS) is 13.6. The van der Waals surface area contributed by atoms with E-state index >= 15 is 0 Å². The Morgan fingerprint density at radius 1 is 1.10 bits per heavy atom. The van der Waals surface area contributed by atoms with Gasteiger partial charge < -0.3 is 14.8 Å². The first-order valence-corrected chi connectivity index (χ1v) is 9.53. The van der Waals surface area contributed by atoms with Crippen LogP contribution in [0.4, 0.5) is 5.82 Å². The second-order valence-electron chi connectivity index (χ2n) is 6.94. The Balaban J connectivity index is 1.47. The summed E-state index contributed by atoms with van der Waals surface area (Å²) < 4.78 is 11.3. The van der Waals surface area contributed by atoms with Crippen molar-refractivity contribution in [3.8, 4) is 22.9 Å². The van der Waals surface area contributed by atoms with Crippen molar-refractivity contribution >= 4 is 11.6 Å². The summed E-state index contributed by atoms with van der Waals surface area (Å²) in [5, 5.41) is 3.37. The number of nitrogens with zero attached hydrogens (tertiary/aromatic N) is 3. The zero-order valence-corrected chi connectivity index (χ0v) is 16.4. The zero-order valence-electron chi connectivity index (χ0n) is 16.4. The summed E-state index contributed by atoms with van der Waals surface area (Å²) in [6, 6.07) is 11.3. The number of ether oxygens (including phenoxy) is 2. The number of nitrogens with one attached hydrogen (secondary N) is 1. The van der Waals surface area contributed by atoms with E-state index in [4.69, 9.17) is 9.47 Å². The van der Waals surface area contributed by atoms with Crippen molar-refractivity contribution in [2.45, 2.75) is 19.8 Å². The molecule has 1 aliphatic heterocycles. The van der Waals surface area contributed by atoms with E-state index in [1.54, 1.807) is 13.1 Å². The predicted molar refractivity (Wildman–Crippen MR) is 110 cm³/mol. The van der Waals surface area contributed by atoms with Crippen LogP contribution in [0.2, 0.25) is 0 Å². The van der Waals surface area contributed by atoms with E-state index < -0.39 is 0 Å². The Hall–Kier alpha value is -3.48. The van der Waals surface area contributed by atoms with Crippen LogP contribution >= 0.6 is 0 Å². The molecular formula is C22H22N4O3. The zero-order chi connectivity index (χ0) is 20.2. The van der Waals surface area contributed by atoms with Gasteiger partial charge in [-0.25, -0.2) is 15.0 Å². The Morgan fingerprint density at radius 2 is 1.90 bits per heavy atom. The number of hydrogen-bond donors (Lipinski definition) is 1. The molecule has 3 heterocycles. The Morgan fingerprint density at radius 3 is 2.69 bits per heavy atom. The number of hydrogen-bond acceptors (Lipinski definition) is 7. The maximum Gasteiger partial charge on any atom is 0.257 e. The van der Waals surface area contributed by atoms with Crippen LogP contribution in [0.5, 0.6) is 11.6 Å². The molecule has 0 bridgehead atoms. The minimum absolute atomic E-state index is 0.0447. The number of pyridine rings is 1. The third-order valence-corrected chi connectivity index (χ3v) is 4.85. The lowest BCUT2D eigenvalue weighted by Gasteiger charge is -2.22. The van der Waals surface area contributed by atoms with Crippen LogP contribution in [-0.4, -0.2) is 40.5 Å². The van der Waals surface area contributed by atoms with Gasteiger partial charge in [-0.3, -0.25) is 4.79 Å². The molecule has 0 radical (unpaired) electrons. The number of carbonyl (C=O) groups excluding carboxylic acids is 1. The van der Waals surface area contributed by atoms with Crippen molar-refractivity contribution in [3.63, 3.8) is 0 Å². The fraction of sp³-hybridized carbons (Fsp3) is 0.273. The summed E-state index contributed by atoms with van der Waals surface area (Å²) >= 11 is 0. The molecule has 29 heavy (non-hydrogen) atoms. The molecule has 0 aliphatic carbocycles. The molecule has 148 valence electrons. The lowest BCUT2D eigenvalue weighted by Crippen LogP contribution is -2.19. The van der Waals surface area contributed by atoms with Crippen molar-refractivity contribution in [2.75, 3.05) is 25.1 Å². The second kappa shape index (κ2) is 8.26. The van der Waals surface area contributed by atoms with Gasteiger partial charge in [-0.1, -0.05) is 31.2 Å². The Labute approximate surface area is 169 Å². The van der Waals surface area contributed by atoms with Crippen LogP contribution in [0.1, 0.15) is 35.7 Å². The lowest BCUT2D eigenvalue weighted by molar-refractivity contribution is 0.101. The summed E-state index contributed by atoms with van der Waals surface area (Å²) in [4.78, 5) is 24.3. The SMILES string of the molecule is CC(=O)c1ccc(-c2cc(NC[C@@H](C)c3ccnc4c3OCCO4)ncn2)cc1. The molecule has 3 aromatic rings. The number of rotatable bonds is 6. The van der Waals surface area contributed by atoms with Crippen LogP contribution in [0.3, 0.4) is 0 Å². The fourth-order valence-electron chi connectivity index (χ4n) is 3.22. The van der Waals surface area contributed by atoms with Gasteiger partial charge in [0, 0.05) is 41.4 Å². The number of anilines is 1. The van der Waals surface area contributed by atoms with Crippen molar-refractivity contribution in [3.05, 3.63) is 60.0 Å². The third-order valence-electron chi connectivity index (χ3n) is 4.85. The van der Waals surface area contributed by atoms with Crippen LogP contribution < -0.4 is 14.8 Å². The highest BCUT2D eigenvalue weighted by Gasteiger charge is 2.20. The first kappa shape index (κ1) is 18.9. The van der Waals surface area contributed by atoms with Gasteiger partial charge in [0.2, 0.25) is 0 Å². The van der Waals surface area contributed by atoms with E-state index in [2.05, 4.69) is 27.2 Å². The number of ketones is 1. The average molecular weight is 390 g/mol. The van der Waals surface area contributed by atoms with Crippen molar-refractivity contribution < 1.29 is 14.3 Å². The standard InChI is InChI=1S/C22H22N4O3/c1-14(18-7-8-23-22-21(18)28-9-10-29-22)12-24-20-11-19(25-13-26-20)17-5-3-16(4-6-17)15(2)27/h3-8,11,13-14H,9-10,12H2,1-2H3,(H,24,25,26)/t14-/m1/s1. The highest BCUT2D eigenvalue weighted by atomic mass is 16.6. The molecule has 0 spiro atoms. The van der Waals surface area contributed by atoms with Gasteiger partial charge >= 0.3 is 0 Å². The molecular weight excluding hydrogens is 368 g/mol. The number of Topliss-reactive ketones (excluding diaryl/α,β-unsaturated/α-hetero) is 1. The van der Waals surface area contributed by atoms with Gasteiger partial charge in [0.15, 0.2) is 11.5 Å². The van der Waals surface area contributed by atoms with Gasteiger partial charge in [0.05, 0.1) is 5.69 Å². The fourth-order valence-corrected chi connectivity index (χ4v) is 3.22. The third kappa shape index (κ3) is 4.18. The number of fused-ring (bicyclic) bond motifs is 1. The van der Waals surface area contributed by atoms with Crippen LogP contribution in [0.25, 0.3) is 11.3 Å². The van der Waals surface area contributed by atoms with E-state index in [1.165, 1.54) is 6.33 Å². The molecule has 0 amide bonds. The predicted octanol–water partition coefficient (Wildman–Crippen LogP) is 3.73. The minimum atomic E-state index is 0.0447. The molecule has 7 heteroatoms. The average Bonchev–Trinajstić information content (AvgIpc) is 2.77. The molecule has 1 N–H and O–H groups in total. The Bertz CT molecular complexity index is 1020. The van der Waals surface area contributed by atoms with Crippen LogP contribution in [0, 0.1) is 0 Å². The molecule has 1 atom stereocenters. The monoisotopic (exact) mass is 390 g/mol. The molecule has 7 nitrogen and oxygen atoms in total. The number of carbonyl (C=O) groups is 1. The first-order valence-electron chi connectivity index (χ1n) is 9.53. The summed E-state index contributed by atoms with van der Waals surface area (Å²) in [5.41, 5.74) is 3.46. The minimum Gasteiger partial charge on any atom is -0.484 e. The Kier molecular flexibility index (Phi) is 5.37. The maximum atomic E-state index is 11.4. The topological polar surface area (TPSA) is 86.2 Å². The van der Waals surface area contributed by atoms with Gasteiger partial charge in [0.25, 0.3) is 5.88 Å². The van der Waals surface area contributed by atoms with Gasteiger partial charge in [0.1, 0.15) is 25.4 Å². The van der Waals surface area contributed by atoms with Gasteiger partial charge in [-0.15, -0.1) is 0 Å². The quantitative estimate of drug-likeness (QED) is 0.642. The number of aromatic nitrogens is 3. The van der Waals surface area contributed by atoms with E-state index in [0.717, 1.165) is 28.4 Å². The molecule has 0 saturated heterocycles. The summed E-state index contributed by atoms with van der Waals surface area (Å²) in [6.45, 7) is 5.39. The highest BCUT2D eigenvalue weighted by molar-refractivity contribution is 5.94. The van der Waals surface area contributed by atoms with E-state index in [0.29, 0.717) is 31.2 Å². The lowest BCUT2D eigenvalue weighted by atomic mass is 10.0.